The highest BCUT2D eigenvalue weighted by molar-refractivity contribution is 5.94. The molecule has 1 saturated heterocycles. The van der Waals surface area contributed by atoms with Gasteiger partial charge in [-0.05, 0) is 29.8 Å². The lowest BCUT2D eigenvalue weighted by molar-refractivity contribution is -0.384. The Morgan fingerprint density at radius 1 is 1.18 bits per heavy atom. The summed E-state index contributed by atoms with van der Waals surface area (Å²) in [6.45, 7) is 3.29. The average Bonchev–Trinajstić information content (AvgIpc) is 2.75. The first-order valence-electron chi connectivity index (χ1n) is 9.07. The Bertz CT molecular complexity index is 802. The summed E-state index contributed by atoms with van der Waals surface area (Å²) < 4.78 is 10.7. The minimum Gasteiger partial charge on any atom is -0.497 e. The van der Waals surface area contributed by atoms with Gasteiger partial charge in [0.25, 0.3) is 11.6 Å². The van der Waals surface area contributed by atoms with Crippen LogP contribution >= 0.6 is 0 Å². The summed E-state index contributed by atoms with van der Waals surface area (Å²) in [5, 5.41) is 13.7. The largest absolute Gasteiger partial charge is 0.497 e. The SMILES string of the molecule is COc1ccc([C@H](CNC(=O)c2ccc([N+](=O)[O-])cc2)N2CCOCC2)cc1. The first-order valence-corrected chi connectivity index (χ1v) is 9.07. The number of nitrogens with one attached hydrogen (secondary N) is 1. The van der Waals surface area contributed by atoms with Gasteiger partial charge in [0.2, 0.25) is 0 Å². The van der Waals surface area contributed by atoms with E-state index in [9.17, 15) is 14.9 Å². The fourth-order valence-electron chi connectivity index (χ4n) is 3.20. The summed E-state index contributed by atoms with van der Waals surface area (Å²) in [5.74, 6) is 0.515. The van der Waals surface area contributed by atoms with Gasteiger partial charge in [0.1, 0.15) is 5.75 Å². The highest BCUT2D eigenvalue weighted by Crippen LogP contribution is 2.24. The number of nitro benzene ring substituents is 1. The molecule has 1 amide bonds. The van der Waals surface area contributed by atoms with E-state index in [0.29, 0.717) is 25.3 Å². The molecule has 2 aromatic rings. The van der Waals surface area contributed by atoms with E-state index in [2.05, 4.69) is 10.2 Å². The second-order valence-corrected chi connectivity index (χ2v) is 6.45. The van der Waals surface area contributed by atoms with E-state index >= 15 is 0 Å². The van der Waals surface area contributed by atoms with Crippen LogP contribution in [0.4, 0.5) is 5.69 Å². The van der Waals surface area contributed by atoms with Crippen LogP contribution in [0, 0.1) is 10.1 Å². The van der Waals surface area contributed by atoms with Crippen molar-refractivity contribution >= 4 is 11.6 Å². The van der Waals surface area contributed by atoms with Crippen molar-refractivity contribution in [2.45, 2.75) is 6.04 Å². The van der Waals surface area contributed by atoms with Crippen molar-refractivity contribution < 1.29 is 19.2 Å². The molecule has 1 heterocycles. The van der Waals surface area contributed by atoms with E-state index in [1.54, 1.807) is 7.11 Å². The number of non-ortho nitro benzene ring substituents is 1. The molecule has 8 heteroatoms. The lowest BCUT2D eigenvalue weighted by Gasteiger charge is -2.35. The molecular formula is C20H23N3O5. The summed E-state index contributed by atoms with van der Waals surface area (Å²) in [5.41, 5.74) is 1.42. The molecule has 2 aromatic carbocycles. The molecule has 0 spiro atoms. The Kier molecular flexibility index (Phi) is 6.57. The maximum Gasteiger partial charge on any atom is 0.269 e. The van der Waals surface area contributed by atoms with Gasteiger partial charge in [-0.2, -0.15) is 0 Å². The molecular weight excluding hydrogens is 362 g/mol. The minimum atomic E-state index is -0.486. The molecule has 0 bridgehead atoms. The number of carbonyl (C=O) groups excluding carboxylic acids is 1. The van der Waals surface area contributed by atoms with Gasteiger partial charge in [0.05, 0.1) is 31.3 Å². The van der Waals surface area contributed by atoms with E-state index in [4.69, 9.17) is 9.47 Å². The summed E-state index contributed by atoms with van der Waals surface area (Å²) >= 11 is 0. The number of hydrogen-bond acceptors (Lipinski definition) is 6. The third-order valence-corrected chi connectivity index (χ3v) is 4.78. The molecule has 0 saturated carbocycles. The molecule has 148 valence electrons. The van der Waals surface area contributed by atoms with E-state index in [1.807, 2.05) is 24.3 Å². The molecule has 3 rings (SSSR count). The van der Waals surface area contributed by atoms with E-state index < -0.39 is 4.92 Å². The third-order valence-electron chi connectivity index (χ3n) is 4.78. The molecule has 0 aromatic heterocycles. The van der Waals surface area contributed by atoms with Gasteiger partial charge in [-0.1, -0.05) is 12.1 Å². The molecule has 1 atom stereocenters. The first-order chi connectivity index (χ1) is 13.6. The second kappa shape index (κ2) is 9.29. The normalized spacial score (nSPS) is 15.6. The molecule has 8 nitrogen and oxygen atoms in total. The first kappa shape index (κ1) is 19.8. The van der Waals surface area contributed by atoms with Gasteiger partial charge >= 0.3 is 0 Å². The number of rotatable bonds is 7. The minimum absolute atomic E-state index is 0.00296. The Hall–Kier alpha value is -2.97. The van der Waals surface area contributed by atoms with Crippen molar-refractivity contribution in [2.75, 3.05) is 40.0 Å². The zero-order valence-electron chi connectivity index (χ0n) is 15.7. The highest BCUT2D eigenvalue weighted by Gasteiger charge is 2.23. The van der Waals surface area contributed by atoms with Crippen LogP contribution < -0.4 is 10.1 Å². The zero-order chi connectivity index (χ0) is 19.9. The molecule has 1 aliphatic rings. The standard InChI is InChI=1S/C20H23N3O5/c1-27-18-8-4-15(5-9-18)19(22-10-12-28-13-11-22)14-21-20(24)16-2-6-17(7-3-16)23(25)26/h2-9,19H,10-14H2,1H3,(H,21,24)/t19-/m0/s1. The van der Waals surface area contributed by atoms with Gasteiger partial charge in [-0.3, -0.25) is 19.8 Å². The summed E-state index contributed by atoms with van der Waals surface area (Å²) in [7, 11) is 1.62. The lowest BCUT2D eigenvalue weighted by atomic mass is 10.0. The summed E-state index contributed by atoms with van der Waals surface area (Å²) in [6.07, 6.45) is 0. The molecule has 1 fully saturated rings. The van der Waals surface area contributed by atoms with Crippen molar-refractivity contribution in [3.63, 3.8) is 0 Å². The van der Waals surface area contributed by atoms with Crippen molar-refractivity contribution in [3.8, 4) is 5.75 Å². The van der Waals surface area contributed by atoms with Gasteiger partial charge < -0.3 is 14.8 Å². The van der Waals surface area contributed by atoms with Gasteiger partial charge in [-0.15, -0.1) is 0 Å². The fraction of sp³-hybridized carbons (Fsp3) is 0.350. The molecule has 0 radical (unpaired) electrons. The van der Waals surface area contributed by atoms with Crippen LogP contribution in [0.15, 0.2) is 48.5 Å². The molecule has 0 unspecified atom stereocenters. The topological polar surface area (TPSA) is 93.9 Å². The van der Waals surface area contributed by atoms with Crippen molar-refractivity contribution in [2.24, 2.45) is 0 Å². The third kappa shape index (κ3) is 4.85. The van der Waals surface area contributed by atoms with E-state index in [1.165, 1.54) is 24.3 Å². The number of carbonyl (C=O) groups is 1. The van der Waals surface area contributed by atoms with Crippen LogP contribution in [-0.4, -0.2) is 55.7 Å². The maximum atomic E-state index is 12.5. The number of methoxy groups -OCH3 is 1. The second-order valence-electron chi connectivity index (χ2n) is 6.45. The smallest absolute Gasteiger partial charge is 0.269 e. The van der Waals surface area contributed by atoms with Gasteiger partial charge in [0.15, 0.2) is 0 Å². The Labute approximate surface area is 163 Å². The molecule has 0 aliphatic carbocycles. The average molecular weight is 385 g/mol. The predicted octanol–water partition coefficient (Wildman–Crippen LogP) is 2.41. The monoisotopic (exact) mass is 385 g/mol. The zero-order valence-corrected chi connectivity index (χ0v) is 15.7. The van der Waals surface area contributed by atoms with E-state index in [0.717, 1.165) is 24.4 Å². The Morgan fingerprint density at radius 3 is 2.39 bits per heavy atom. The van der Waals surface area contributed by atoms with Gasteiger partial charge in [-0.25, -0.2) is 0 Å². The Balaban J connectivity index is 1.71. The number of ether oxygens (including phenoxy) is 2. The summed E-state index contributed by atoms with van der Waals surface area (Å²) in [4.78, 5) is 25.0. The number of morpholine rings is 1. The summed E-state index contributed by atoms with van der Waals surface area (Å²) in [6, 6.07) is 13.4. The maximum absolute atomic E-state index is 12.5. The van der Waals surface area contributed by atoms with Crippen LogP contribution in [0.5, 0.6) is 5.75 Å². The van der Waals surface area contributed by atoms with Crippen LogP contribution in [0.3, 0.4) is 0 Å². The Morgan fingerprint density at radius 2 is 1.82 bits per heavy atom. The van der Waals surface area contributed by atoms with Crippen LogP contribution in [0.2, 0.25) is 0 Å². The molecule has 1 N–H and O–H groups in total. The van der Waals surface area contributed by atoms with Crippen LogP contribution in [0.1, 0.15) is 22.0 Å². The number of benzene rings is 2. The van der Waals surface area contributed by atoms with Crippen molar-refractivity contribution in [1.29, 1.82) is 0 Å². The predicted molar refractivity (Wildman–Crippen MR) is 104 cm³/mol. The lowest BCUT2D eigenvalue weighted by Crippen LogP contribution is -2.43. The molecule has 1 aliphatic heterocycles. The highest BCUT2D eigenvalue weighted by atomic mass is 16.6. The number of nitro groups is 1. The number of hydrogen-bond donors (Lipinski definition) is 1. The van der Waals surface area contributed by atoms with Crippen molar-refractivity contribution in [1.82, 2.24) is 10.2 Å². The number of amides is 1. The van der Waals surface area contributed by atoms with Gasteiger partial charge in [0, 0.05) is 37.3 Å². The van der Waals surface area contributed by atoms with Crippen molar-refractivity contribution in [3.05, 3.63) is 69.8 Å². The number of nitrogens with zero attached hydrogens (tertiary/aromatic N) is 2. The quantitative estimate of drug-likeness (QED) is 0.581. The van der Waals surface area contributed by atoms with Crippen LogP contribution in [0.25, 0.3) is 0 Å². The molecule has 28 heavy (non-hydrogen) atoms. The van der Waals surface area contributed by atoms with E-state index in [-0.39, 0.29) is 17.6 Å². The van der Waals surface area contributed by atoms with Crippen LogP contribution in [-0.2, 0) is 4.74 Å². The fourth-order valence-corrected chi connectivity index (χ4v) is 3.20.